The van der Waals surface area contributed by atoms with Gasteiger partial charge in [0, 0.05) is 30.1 Å². The number of carbonyl (C=O) groups excluding carboxylic acids is 2. The number of carbonyl (C=O) groups is 2. The van der Waals surface area contributed by atoms with Gasteiger partial charge in [0.25, 0.3) is 5.91 Å². The van der Waals surface area contributed by atoms with E-state index in [9.17, 15) is 9.59 Å². The normalized spacial score (nSPS) is 19.6. The summed E-state index contributed by atoms with van der Waals surface area (Å²) in [4.78, 5) is 27.8. The molecule has 0 unspecified atom stereocenters. The Morgan fingerprint density at radius 3 is 2.58 bits per heavy atom. The van der Waals surface area contributed by atoms with E-state index in [0.717, 1.165) is 18.4 Å². The maximum Gasteiger partial charge on any atom is 0.260 e. The third-order valence-corrected chi connectivity index (χ3v) is 5.37. The van der Waals surface area contributed by atoms with Gasteiger partial charge in [-0.2, -0.15) is 0 Å². The molecule has 2 aromatic rings. The van der Waals surface area contributed by atoms with Crippen LogP contribution >= 0.6 is 11.6 Å². The predicted octanol–water partition coefficient (Wildman–Crippen LogP) is 0.279. The third-order valence-electron chi connectivity index (χ3n) is 5.04. The molecule has 1 heterocycles. The summed E-state index contributed by atoms with van der Waals surface area (Å²) >= 11 is 6.44. The minimum absolute atomic E-state index is 0. The highest BCUT2D eigenvalue weighted by atomic mass is 127. The first-order valence-electron chi connectivity index (χ1n) is 8.48. The van der Waals surface area contributed by atoms with Crippen LogP contribution in [-0.2, 0) is 17.4 Å². The minimum Gasteiger partial charge on any atom is -1.00 e. The Kier molecular flexibility index (Phi) is 6.80. The van der Waals surface area contributed by atoms with Crippen LogP contribution in [0, 0.1) is 0 Å². The Hall–Kier alpha value is -1.47. The van der Waals surface area contributed by atoms with Crippen molar-refractivity contribution in [2.45, 2.75) is 31.2 Å². The molecule has 0 N–H and O–H groups in total. The van der Waals surface area contributed by atoms with E-state index in [0.29, 0.717) is 23.4 Å². The molecule has 1 aromatic heterocycles. The lowest BCUT2D eigenvalue weighted by atomic mass is 9.74. The molecule has 1 amide bonds. The largest absolute Gasteiger partial charge is 1.00 e. The van der Waals surface area contributed by atoms with Crippen LogP contribution in [0.1, 0.15) is 41.6 Å². The lowest BCUT2D eigenvalue weighted by Gasteiger charge is -2.43. The molecule has 1 atom stereocenters. The van der Waals surface area contributed by atoms with E-state index in [1.165, 1.54) is 0 Å². The van der Waals surface area contributed by atoms with Crippen LogP contribution in [0.25, 0.3) is 0 Å². The molecule has 1 aliphatic carbocycles. The predicted molar refractivity (Wildman–Crippen MR) is 96.3 cm³/mol. The van der Waals surface area contributed by atoms with Gasteiger partial charge in [0.15, 0.2) is 18.2 Å². The van der Waals surface area contributed by atoms with Gasteiger partial charge in [-0.15, -0.1) is 0 Å². The number of amides is 1. The summed E-state index contributed by atoms with van der Waals surface area (Å²) in [5, 5.41) is 0.524. The highest BCUT2D eigenvalue weighted by molar-refractivity contribution is 6.31. The molecule has 6 heteroatoms. The maximum absolute atomic E-state index is 13.1. The SMILES string of the molecule is CN(C(=O)c1ccc[n+](C)c1)[C@]1(c2ccccc2Cl)CCCCC1=O.[I-]. The molecular weight excluding hydrogens is 463 g/mol. The quantitative estimate of drug-likeness (QED) is 0.464. The van der Waals surface area contributed by atoms with E-state index < -0.39 is 5.54 Å². The molecule has 0 saturated heterocycles. The molecule has 1 saturated carbocycles. The van der Waals surface area contributed by atoms with E-state index in [-0.39, 0.29) is 35.7 Å². The van der Waals surface area contributed by atoms with Crippen molar-refractivity contribution in [3.05, 3.63) is 64.9 Å². The van der Waals surface area contributed by atoms with E-state index >= 15 is 0 Å². The van der Waals surface area contributed by atoms with Crippen LogP contribution in [0.3, 0.4) is 0 Å². The first-order chi connectivity index (χ1) is 12.0. The summed E-state index contributed by atoms with van der Waals surface area (Å²) < 4.78 is 1.83. The fourth-order valence-electron chi connectivity index (χ4n) is 3.71. The number of rotatable bonds is 3. The van der Waals surface area contributed by atoms with Crippen molar-refractivity contribution >= 4 is 23.3 Å². The number of Topliss-reactive ketones (excluding diaryl/α,β-unsaturated/α-hetero) is 1. The first-order valence-corrected chi connectivity index (χ1v) is 8.86. The van der Waals surface area contributed by atoms with Crippen molar-refractivity contribution in [2.24, 2.45) is 7.05 Å². The molecular formula is C20H22ClIN2O2. The summed E-state index contributed by atoms with van der Waals surface area (Å²) in [6.07, 6.45) is 6.44. The number of likely N-dealkylation sites (N-methyl/N-ethyl adjacent to an activating group) is 1. The lowest BCUT2D eigenvalue weighted by Crippen LogP contribution is -3.00. The van der Waals surface area contributed by atoms with Crippen LogP contribution in [0.5, 0.6) is 0 Å². The minimum atomic E-state index is -0.998. The fourth-order valence-corrected chi connectivity index (χ4v) is 4.00. The summed E-state index contributed by atoms with van der Waals surface area (Å²) in [7, 11) is 3.58. The monoisotopic (exact) mass is 484 g/mol. The van der Waals surface area contributed by atoms with Crippen molar-refractivity contribution in [2.75, 3.05) is 7.05 Å². The van der Waals surface area contributed by atoms with Crippen molar-refractivity contribution < 1.29 is 38.1 Å². The maximum atomic E-state index is 13.1. The van der Waals surface area contributed by atoms with Crippen LogP contribution in [0.4, 0.5) is 0 Å². The van der Waals surface area contributed by atoms with Gasteiger partial charge >= 0.3 is 0 Å². The van der Waals surface area contributed by atoms with Gasteiger partial charge < -0.3 is 28.9 Å². The number of nitrogens with zero attached hydrogens (tertiary/aromatic N) is 2. The Bertz CT molecular complexity index is 827. The Balaban J connectivity index is 0.00000243. The van der Waals surface area contributed by atoms with Gasteiger partial charge in [0.2, 0.25) is 0 Å². The molecule has 0 spiro atoms. The second-order valence-corrected chi connectivity index (χ2v) is 7.00. The zero-order chi connectivity index (χ0) is 18.0. The summed E-state index contributed by atoms with van der Waals surface area (Å²) in [5.41, 5.74) is 0.275. The number of benzene rings is 1. The number of pyridine rings is 1. The van der Waals surface area contributed by atoms with E-state index in [1.54, 1.807) is 30.3 Å². The molecule has 138 valence electrons. The third kappa shape index (κ3) is 3.64. The molecule has 3 rings (SSSR count). The van der Waals surface area contributed by atoms with Crippen LogP contribution in [0.2, 0.25) is 5.02 Å². The van der Waals surface area contributed by atoms with E-state index in [1.807, 2.05) is 42.1 Å². The Morgan fingerprint density at radius 2 is 1.92 bits per heavy atom. The highest BCUT2D eigenvalue weighted by Crippen LogP contribution is 2.42. The first kappa shape index (κ1) is 20.8. The number of aryl methyl sites for hydroxylation is 1. The molecule has 1 aromatic carbocycles. The molecule has 0 radical (unpaired) electrons. The second kappa shape index (κ2) is 8.48. The van der Waals surface area contributed by atoms with E-state index in [2.05, 4.69) is 0 Å². The van der Waals surface area contributed by atoms with Crippen LogP contribution in [0.15, 0.2) is 48.8 Å². The van der Waals surface area contributed by atoms with Crippen molar-refractivity contribution in [3.8, 4) is 0 Å². The molecule has 1 aliphatic rings. The standard InChI is InChI=1S/C20H22ClN2O2.HI/c1-22-13-7-8-15(14-22)19(25)23(2)20(12-6-5-11-18(20)24)16-9-3-4-10-17(16)21;/h3-4,7-10,13-14H,5-6,11-12H2,1-2H3;1H/q+1;/p-1/t20-;/m0./s1. The Morgan fingerprint density at radius 1 is 1.19 bits per heavy atom. The second-order valence-electron chi connectivity index (χ2n) is 6.59. The zero-order valence-electron chi connectivity index (χ0n) is 14.9. The number of ketones is 1. The highest BCUT2D eigenvalue weighted by Gasteiger charge is 2.48. The zero-order valence-corrected chi connectivity index (χ0v) is 17.8. The number of aromatic nitrogens is 1. The fraction of sp³-hybridized carbons (Fsp3) is 0.350. The van der Waals surface area contributed by atoms with Crippen LogP contribution < -0.4 is 28.5 Å². The summed E-state index contributed by atoms with van der Waals surface area (Å²) in [6, 6.07) is 10.9. The molecule has 26 heavy (non-hydrogen) atoms. The van der Waals surface area contributed by atoms with Gasteiger partial charge in [0.05, 0.1) is 0 Å². The average molecular weight is 485 g/mol. The van der Waals surface area contributed by atoms with Crippen molar-refractivity contribution in [3.63, 3.8) is 0 Å². The van der Waals surface area contributed by atoms with Crippen molar-refractivity contribution in [1.29, 1.82) is 0 Å². The van der Waals surface area contributed by atoms with Gasteiger partial charge in [0.1, 0.15) is 18.2 Å². The van der Waals surface area contributed by atoms with Gasteiger partial charge in [-0.05, 0) is 31.4 Å². The van der Waals surface area contributed by atoms with Crippen LogP contribution in [-0.4, -0.2) is 23.6 Å². The molecule has 0 aliphatic heterocycles. The van der Waals surface area contributed by atoms with Crippen molar-refractivity contribution in [1.82, 2.24) is 4.90 Å². The average Bonchev–Trinajstić information content (AvgIpc) is 2.62. The molecule has 0 bridgehead atoms. The number of hydrogen-bond acceptors (Lipinski definition) is 2. The van der Waals surface area contributed by atoms with Gasteiger partial charge in [-0.25, -0.2) is 4.57 Å². The van der Waals surface area contributed by atoms with E-state index in [4.69, 9.17) is 11.6 Å². The topological polar surface area (TPSA) is 41.3 Å². The number of hydrogen-bond donors (Lipinski definition) is 0. The Labute approximate surface area is 176 Å². The summed E-state index contributed by atoms with van der Waals surface area (Å²) in [5.74, 6) is -0.116. The number of halogens is 2. The molecule has 4 nitrogen and oxygen atoms in total. The van der Waals surface area contributed by atoms with Gasteiger partial charge in [-0.1, -0.05) is 29.8 Å². The smallest absolute Gasteiger partial charge is 0.260 e. The molecule has 1 fully saturated rings. The van der Waals surface area contributed by atoms with Gasteiger partial charge in [-0.3, -0.25) is 9.59 Å². The summed E-state index contributed by atoms with van der Waals surface area (Å²) in [6.45, 7) is 0. The lowest BCUT2D eigenvalue weighted by molar-refractivity contribution is -0.671.